The van der Waals surface area contributed by atoms with Crippen molar-refractivity contribution in [3.63, 3.8) is 0 Å². The van der Waals surface area contributed by atoms with Crippen molar-refractivity contribution in [2.75, 3.05) is 30.8 Å². The summed E-state index contributed by atoms with van der Waals surface area (Å²) in [6.07, 6.45) is 3.68. The minimum Gasteiger partial charge on any atom is -0.487 e. The normalized spacial score (nSPS) is 10.4. The number of nitrogens with zero attached hydrogens (tertiary/aromatic N) is 2. The third kappa shape index (κ3) is 3.27. The fourth-order valence-electron chi connectivity index (χ4n) is 1.51. The van der Waals surface area contributed by atoms with E-state index in [1.807, 2.05) is 6.92 Å². The molecule has 1 heterocycles. The highest BCUT2D eigenvalue weighted by Gasteiger charge is 2.15. The molecule has 0 saturated carbocycles. The van der Waals surface area contributed by atoms with Gasteiger partial charge in [-0.2, -0.15) is 4.37 Å². The number of nitrogens with two attached hydrogens (primary N) is 1. The monoisotopic (exact) mass is 243 g/mol. The van der Waals surface area contributed by atoms with Crippen LogP contribution in [-0.2, 0) is 0 Å². The maximum Gasteiger partial charge on any atom is 0.197 e. The first kappa shape index (κ1) is 13.1. The lowest BCUT2D eigenvalue weighted by molar-refractivity contribution is 0.343. The van der Waals surface area contributed by atoms with Gasteiger partial charge < -0.3 is 15.4 Å². The van der Waals surface area contributed by atoms with Crippen LogP contribution in [0.25, 0.3) is 0 Å². The van der Waals surface area contributed by atoms with Crippen molar-refractivity contribution in [2.45, 2.75) is 33.1 Å². The van der Waals surface area contributed by atoms with Crippen molar-refractivity contribution in [3.8, 4) is 5.75 Å². The zero-order valence-electron chi connectivity index (χ0n) is 10.3. The Morgan fingerprint density at radius 2 is 2.12 bits per heavy atom. The van der Waals surface area contributed by atoms with Crippen LogP contribution in [0.15, 0.2) is 0 Å². The van der Waals surface area contributed by atoms with E-state index in [0.717, 1.165) is 17.3 Å². The SMILES string of the molecule is CCCCCN(C)c1snc(N)c1OCC. The molecule has 16 heavy (non-hydrogen) atoms. The summed E-state index contributed by atoms with van der Waals surface area (Å²) in [4.78, 5) is 2.18. The molecular weight excluding hydrogens is 222 g/mol. The summed E-state index contributed by atoms with van der Waals surface area (Å²) < 4.78 is 9.65. The molecule has 0 radical (unpaired) electrons. The highest BCUT2D eigenvalue weighted by Crippen LogP contribution is 2.37. The first-order valence-electron chi connectivity index (χ1n) is 5.79. The topological polar surface area (TPSA) is 51.4 Å². The van der Waals surface area contributed by atoms with Gasteiger partial charge in [-0.25, -0.2) is 0 Å². The lowest BCUT2D eigenvalue weighted by atomic mass is 10.2. The van der Waals surface area contributed by atoms with Crippen LogP contribution in [0.5, 0.6) is 5.75 Å². The van der Waals surface area contributed by atoms with E-state index in [-0.39, 0.29) is 0 Å². The van der Waals surface area contributed by atoms with E-state index in [4.69, 9.17) is 10.5 Å². The maximum atomic E-state index is 5.77. The molecule has 0 atom stereocenters. The summed E-state index contributed by atoms with van der Waals surface area (Å²) in [7, 11) is 2.06. The summed E-state index contributed by atoms with van der Waals surface area (Å²) in [5, 5.41) is 1.04. The van der Waals surface area contributed by atoms with Crippen molar-refractivity contribution < 1.29 is 4.74 Å². The summed E-state index contributed by atoms with van der Waals surface area (Å²) in [5.41, 5.74) is 5.77. The van der Waals surface area contributed by atoms with Gasteiger partial charge in [0.2, 0.25) is 0 Å². The van der Waals surface area contributed by atoms with E-state index in [2.05, 4.69) is 23.2 Å². The second kappa shape index (κ2) is 6.58. The first-order chi connectivity index (χ1) is 7.70. The number of hydrogen-bond donors (Lipinski definition) is 1. The molecule has 0 fully saturated rings. The van der Waals surface area contributed by atoms with Gasteiger partial charge in [0.15, 0.2) is 16.6 Å². The van der Waals surface area contributed by atoms with E-state index >= 15 is 0 Å². The number of unbranched alkanes of at least 4 members (excludes halogenated alkanes) is 2. The quantitative estimate of drug-likeness (QED) is 0.748. The van der Waals surface area contributed by atoms with Crippen LogP contribution in [0.2, 0.25) is 0 Å². The first-order valence-corrected chi connectivity index (χ1v) is 6.57. The molecule has 1 aromatic rings. The molecule has 0 amide bonds. The van der Waals surface area contributed by atoms with Crippen LogP contribution >= 0.6 is 11.5 Å². The van der Waals surface area contributed by atoms with Gasteiger partial charge in [-0.3, -0.25) is 0 Å². The number of rotatable bonds is 7. The van der Waals surface area contributed by atoms with E-state index in [1.54, 1.807) is 0 Å². The molecule has 0 bridgehead atoms. The lowest BCUT2D eigenvalue weighted by Gasteiger charge is -2.18. The number of hydrogen-bond acceptors (Lipinski definition) is 5. The highest BCUT2D eigenvalue weighted by atomic mass is 32.1. The van der Waals surface area contributed by atoms with Crippen LogP contribution < -0.4 is 15.4 Å². The number of anilines is 2. The summed E-state index contributed by atoms with van der Waals surface area (Å²) >= 11 is 1.41. The minimum absolute atomic E-state index is 0.504. The largest absolute Gasteiger partial charge is 0.487 e. The van der Waals surface area contributed by atoms with Crippen LogP contribution in [0.3, 0.4) is 0 Å². The van der Waals surface area contributed by atoms with Gasteiger partial charge in [0.05, 0.1) is 6.61 Å². The Morgan fingerprint density at radius 3 is 2.75 bits per heavy atom. The highest BCUT2D eigenvalue weighted by molar-refractivity contribution is 7.11. The molecule has 0 aliphatic carbocycles. The molecule has 0 unspecified atom stereocenters. The molecular formula is C11H21N3OS. The van der Waals surface area contributed by atoms with Gasteiger partial charge in [0.1, 0.15) is 0 Å². The standard InChI is InChI=1S/C11H21N3OS/c1-4-6-7-8-14(3)11-9(15-5-2)10(12)13-16-11/h4-8H2,1-3H3,(H2,12,13). The third-order valence-corrected chi connectivity index (χ3v) is 3.35. The molecule has 0 aromatic carbocycles. The van der Waals surface area contributed by atoms with Gasteiger partial charge in [0.25, 0.3) is 0 Å². The Labute approximate surface area is 102 Å². The van der Waals surface area contributed by atoms with Gasteiger partial charge in [0, 0.05) is 13.6 Å². The smallest absolute Gasteiger partial charge is 0.197 e. The van der Waals surface area contributed by atoms with Crippen LogP contribution in [0.1, 0.15) is 33.1 Å². The van der Waals surface area contributed by atoms with E-state index in [1.165, 1.54) is 30.8 Å². The molecule has 0 spiro atoms. The Balaban J connectivity index is 2.63. The summed E-state index contributed by atoms with van der Waals surface area (Å²) in [6, 6.07) is 0. The number of aromatic nitrogens is 1. The zero-order chi connectivity index (χ0) is 12.0. The Morgan fingerprint density at radius 1 is 1.38 bits per heavy atom. The number of ether oxygens (including phenoxy) is 1. The van der Waals surface area contributed by atoms with E-state index < -0.39 is 0 Å². The van der Waals surface area contributed by atoms with Crippen molar-refractivity contribution >= 4 is 22.4 Å². The van der Waals surface area contributed by atoms with Crippen LogP contribution in [-0.4, -0.2) is 24.6 Å². The Bertz CT molecular complexity index is 314. The summed E-state index contributed by atoms with van der Waals surface area (Å²) in [6.45, 7) is 5.81. The molecule has 0 aliphatic rings. The van der Waals surface area contributed by atoms with E-state index in [0.29, 0.717) is 12.4 Å². The number of nitrogen functional groups attached to an aromatic ring is 1. The van der Waals surface area contributed by atoms with Crippen molar-refractivity contribution in [2.24, 2.45) is 0 Å². The fraction of sp³-hybridized carbons (Fsp3) is 0.727. The van der Waals surface area contributed by atoms with Gasteiger partial charge in [-0.05, 0) is 24.9 Å². The lowest BCUT2D eigenvalue weighted by Crippen LogP contribution is -2.18. The second-order valence-corrected chi connectivity index (χ2v) is 4.52. The average Bonchev–Trinajstić information content (AvgIpc) is 2.62. The Kier molecular flexibility index (Phi) is 5.38. The Hall–Kier alpha value is -0.970. The molecule has 0 saturated heterocycles. The molecule has 1 aromatic heterocycles. The predicted octanol–water partition coefficient (Wildman–Crippen LogP) is 2.75. The molecule has 92 valence electrons. The summed E-state index contributed by atoms with van der Waals surface area (Å²) in [5.74, 6) is 1.25. The van der Waals surface area contributed by atoms with E-state index in [9.17, 15) is 0 Å². The maximum absolute atomic E-state index is 5.77. The van der Waals surface area contributed by atoms with Gasteiger partial charge in [-0.15, -0.1) is 0 Å². The average molecular weight is 243 g/mol. The second-order valence-electron chi connectivity index (χ2n) is 3.76. The van der Waals surface area contributed by atoms with Crippen molar-refractivity contribution in [1.82, 2.24) is 4.37 Å². The molecule has 0 aliphatic heterocycles. The van der Waals surface area contributed by atoms with Gasteiger partial charge in [-0.1, -0.05) is 19.8 Å². The fourth-order valence-corrected chi connectivity index (χ4v) is 2.25. The predicted molar refractivity (Wildman–Crippen MR) is 70.5 cm³/mol. The molecule has 4 nitrogen and oxygen atoms in total. The van der Waals surface area contributed by atoms with Crippen molar-refractivity contribution in [1.29, 1.82) is 0 Å². The minimum atomic E-state index is 0.504. The molecule has 2 N–H and O–H groups in total. The van der Waals surface area contributed by atoms with Crippen LogP contribution in [0.4, 0.5) is 10.8 Å². The molecule has 5 heteroatoms. The van der Waals surface area contributed by atoms with Gasteiger partial charge >= 0.3 is 0 Å². The third-order valence-electron chi connectivity index (χ3n) is 2.39. The van der Waals surface area contributed by atoms with Crippen LogP contribution in [0, 0.1) is 0 Å². The zero-order valence-corrected chi connectivity index (χ0v) is 11.1. The molecule has 1 rings (SSSR count). The van der Waals surface area contributed by atoms with Crippen molar-refractivity contribution in [3.05, 3.63) is 0 Å².